The third-order valence-corrected chi connectivity index (χ3v) is 3.66. The average molecular weight is 241 g/mol. The molecule has 1 aliphatic heterocycles. The number of hydrogen-bond donors (Lipinski definition) is 2. The summed E-state index contributed by atoms with van der Waals surface area (Å²) >= 11 is 0. The second-order valence-electron chi connectivity index (χ2n) is 5.19. The third-order valence-electron chi connectivity index (χ3n) is 3.66. The van der Waals surface area contributed by atoms with Crippen molar-refractivity contribution in [2.24, 2.45) is 5.92 Å². The predicted molar refractivity (Wildman–Crippen MR) is 70.2 cm³/mol. The quantitative estimate of drug-likeness (QED) is 0.741. The number of nitrogens with one attached hydrogen (secondary N) is 1. The first kappa shape index (κ1) is 14.5. The molecule has 2 N–H and O–H groups in total. The summed E-state index contributed by atoms with van der Waals surface area (Å²) in [6, 6.07) is 0. The second kappa shape index (κ2) is 9.46. The van der Waals surface area contributed by atoms with E-state index in [-0.39, 0.29) is 5.92 Å². The van der Waals surface area contributed by atoms with Gasteiger partial charge in [0.2, 0.25) is 0 Å². The van der Waals surface area contributed by atoms with Crippen molar-refractivity contribution in [3.05, 3.63) is 0 Å². The van der Waals surface area contributed by atoms with Crippen LogP contribution >= 0.6 is 0 Å². The maximum absolute atomic E-state index is 11.1. The van der Waals surface area contributed by atoms with Crippen LogP contribution in [-0.2, 0) is 4.79 Å². The highest BCUT2D eigenvalue weighted by molar-refractivity contribution is 5.69. The smallest absolute Gasteiger partial charge is 0.306 e. The normalized spacial score (nSPS) is 26.0. The summed E-state index contributed by atoms with van der Waals surface area (Å²) in [5, 5.41) is 12.6. The maximum atomic E-state index is 11.1. The molecular weight excluding hydrogens is 214 g/mol. The van der Waals surface area contributed by atoms with E-state index >= 15 is 0 Å². The van der Waals surface area contributed by atoms with Crippen LogP contribution in [0.3, 0.4) is 0 Å². The molecule has 0 bridgehead atoms. The number of carboxylic acid groups (broad SMARTS) is 1. The van der Waals surface area contributed by atoms with Crippen molar-refractivity contribution in [3.8, 4) is 0 Å². The van der Waals surface area contributed by atoms with Crippen molar-refractivity contribution in [2.45, 2.75) is 64.2 Å². The first-order chi connectivity index (χ1) is 8.30. The lowest BCUT2D eigenvalue weighted by Gasteiger charge is -2.13. The van der Waals surface area contributed by atoms with E-state index < -0.39 is 5.97 Å². The molecule has 0 aromatic heterocycles. The molecule has 1 aliphatic rings. The Morgan fingerprint density at radius 2 is 1.29 bits per heavy atom. The van der Waals surface area contributed by atoms with Crippen LogP contribution in [0, 0.1) is 5.92 Å². The summed E-state index contributed by atoms with van der Waals surface area (Å²) < 4.78 is 0. The van der Waals surface area contributed by atoms with Gasteiger partial charge in [0.15, 0.2) is 0 Å². The molecule has 1 heterocycles. The summed E-state index contributed by atoms with van der Waals surface area (Å²) in [6.07, 6.45) is 11.4. The van der Waals surface area contributed by atoms with E-state index in [4.69, 9.17) is 5.11 Å². The molecule has 0 saturated carbocycles. The Bertz CT molecular complexity index is 192. The van der Waals surface area contributed by atoms with Gasteiger partial charge in [-0.15, -0.1) is 0 Å². The summed E-state index contributed by atoms with van der Waals surface area (Å²) in [5.41, 5.74) is 0. The molecule has 3 heteroatoms. The van der Waals surface area contributed by atoms with Gasteiger partial charge in [0.25, 0.3) is 0 Å². The van der Waals surface area contributed by atoms with Crippen molar-refractivity contribution < 1.29 is 9.90 Å². The van der Waals surface area contributed by atoms with Crippen molar-refractivity contribution in [2.75, 3.05) is 13.1 Å². The average Bonchev–Trinajstić information content (AvgIpc) is 2.31. The fraction of sp³-hybridized carbons (Fsp3) is 0.929. The van der Waals surface area contributed by atoms with Gasteiger partial charge in [0.1, 0.15) is 0 Å². The van der Waals surface area contributed by atoms with Crippen LogP contribution in [0.4, 0.5) is 0 Å². The predicted octanol–water partition coefficient (Wildman–Crippen LogP) is 3.19. The SMILES string of the molecule is O=C(O)C1CCCCCCCCNCCCC1. The van der Waals surface area contributed by atoms with E-state index in [9.17, 15) is 4.79 Å². The molecule has 100 valence electrons. The van der Waals surface area contributed by atoms with E-state index in [2.05, 4.69) is 5.32 Å². The van der Waals surface area contributed by atoms with E-state index in [1.807, 2.05) is 0 Å². The topological polar surface area (TPSA) is 49.3 Å². The highest BCUT2D eigenvalue weighted by Crippen LogP contribution is 2.18. The molecule has 0 spiro atoms. The molecule has 1 rings (SSSR count). The zero-order valence-electron chi connectivity index (χ0n) is 10.9. The van der Waals surface area contributed by atoms with Crippen LogP contribution in [0.25, 0.3) is 0 Å². The van der Waals surface area contributed by atoms with Crippen LogP contribution < -0.4 is 5.32 Å². The van der Waals surface area contributed by atoms with Crippen molar-refractivity contribution in [1.29, 1.82) is 0 Å². The lowest BCUT2D eigenvalue weighted by molar-refractivity contribution is -0.142. The maximum Gasteiger partial charge on any atom is 0.306 e. The molecule has 0 aromatic carbocycles. The summed E-state index contributed by atoms with van der Waals surface area (Å²) in [5.74, 6) is -0.692. The monoisotopic (exact) mass is 241 g/mol. The van der Waals surface area contributed by atoms with Gasteiger partial charge in [-0.1, -0.05) is 38.5 Å². The summed E-state index contributed by atoms with van der Waals surface area (Å²) in [7, 11) is 0. The van der Waals surface area contributed by atoms with E-state index in [0.717, 1.165) is 45.2 Å². The Hall–Kier alpha value is -0.570. The van der Waals surface area contributed by atoms with Gasteiger partial charge in [-0.3, -0.25) is 4.79 Å². The molecule has 0 aromatic rings. The van der Waals surface area contributed by atoms with E-state index in [1.165, 1.54) is 32.1 Å². The van der Waals surface area contributed by atoms with Crippen LogP contribution in [0.2, 0.25) is 0 Å². The molecule has 0 aliphatic carbocycles. The Balaban J connectivity index is 2.26. The van der Waals surface area contributed by atoms with Crippen molar-refractivity contribution in [3.63, 3.8) is 0 Å². The van der Waals surface area contributed by atoms with Gasteiger partial charge < -0.3 is 10.4 Å². The van der Waals surface area contributed by atoms with Crippen LogP contribution in [0.1, 0.15) is 64.2 Å². The largest absolute Gasteiger partial charge is 0.481 e. The lowest BCUT2D eigenvalue weighted by atomic mass is 9.95. The van der Waals surface area contributed by atoms with Gasteiger partial charge in [-0.25, -0.2) is 0 Å². The number of carbonyl (C=O) groups is 1. The van der Waals surface area contributed by atoms with Crippen molar-refractivity contribution in [1.82, 2.24) is 5.32 Å². The van der Waals surface area contributed by atoms with Gasteiger partial charge in [0, 0.05) is 0 Å². The second-order valence-corrected chi connectivity index (χ2v) is 5.19. The Morgan fingerprint density at radius 3 is 1.94 bits per heavy atom. The minimum atomic E-state index is -0.593. The lowest BCUT2D eigenvalue weighted by Crippen LogP contribution is -2.18. The Labute approximate surface area is 105 Å². The van der Waals surface area contributed by atoms with E-state index in [1.54, 1.807) is 0 Å². The minimum Gasteiger partial charge on any atom is -0.481 e. The molecule has 17 heavy (non-hydrogen) atoms. The molecule has 0 radical (unpaired) electrons. The number of hydrogen-bond acceptors (Lipinski definition) is 2. The molecule has 1 unspecified atom stereocenters. The van der Waals surface area contributed by atoms with Gasteiger partial charge in [-0.05, 0) is 38.8 Å². The van der Waals surface area contributed by atoms with Gasteiger partial charge in [0.05, 0.1) is 5.92 Å². The number of carboxylic acids is 1. The molecule has 3 nitrogen and oxygen atoms in total. The third kappa shape index (κ3) is 7.37. The standard InChI is InChI=1S/C14H27NO2/c16-14(17)13-9-5-3-1-2-4-7-11-15-12-8-6-10-13/h13,15H,1-12H2,(H,16,17). The minimum absolute atomic E-state index is 0.0991. The Morgan fingerprint density at radius 1 is 0.824 bits per heavy atom. The van der Waals surface area contributed by atoms with Crippen LogP contribution in [0.5, 0.6) is 0 Å². The zero-order valence-corrected chi connectivity index (χ0v) is 10.9. The first-order valence-corrected chi connectivity index (χ1v) is 7.24. The van der Waals surface area contributed by atoms with Gasteiger partial charge >= 0.3 is 5.97 Å². The summed E-state index contributed by atoms with van der Waals surface area (Å²) in [6.45, 7) is 2.18. The fourth-order valence-corrected chi connectivity index (χ4v) is 2.50. The number of aliphatic carboxylic acids is 1. The van der Waals surface area contributed by atoms with Crippen molar-refractivity contribution >= 4 is 5.97 Å². The van der Waals surface area contributed by atoms with Gasteiger partial charge in [-0.2, -0.15) is 0 Å². The molecular formula is C14H27NO2. The Kier molecular flexibility index (Phi) is 8.06. The van der Waals surface area contributed by atoms with E-state index in [0.29, 0.717) is 0 Å². The first-order valence-electron chi connectivity index (χ1n) is 7.24. The molecule has 1 atom stereocenters. The van der Waals surface area contributed by atoms with Crippen LogP contribution in [-0.4, -0.2) is 24.2 Å². The van der Waals surface area contributed by atoms with Crippen LogP contribution in [0.15, 0.2) is 0 Å². The molecule has 1 fully saturated rings. The molecule has 1 saturated heterocycles. The highest BCUT2D eigenvalue weighted by Gasteiger charge is 2.16. The number of rotatable bonds is 1. The fourth-order valence-electron chi connectivity index (χ4n) is 2.50. The molecule has 0 amide bonds. The highest BCUT2D eigenvalue weighted by atomic mass is 16.4. The summed E-state index contributed by atoms with van der Waals surface area (Å²) in [4.78, 5) is 11.1. The zero-order chi connectivity index (χ0) is 12.3.